The van der Waals surface area contributed by atoms with E-state index in [2.05, 4.69) is 15.1 Å². The zero-order valence-corrected chi connectivity index (χ0v) is 12.4. The molecule has 3 aromatic rings. The first-order chi connectivity index (χ1) is 10.6. The van der Waals surface area contributed by atoms with E-state index in [-0.39, 0.29) is 4.90 Å². The fourth-order valence-electron chi connectivity index (χ4n) is 1.85. The number of hydrogen-bond acceptors (Lipinski definition) is 6. The lowest BCUT2D eigenvalue weighted by Gasteiger charge is -2.04. The largest absolute Gasteiger partial charge is 0.497 e. The van der Waals surface area contributed by atoms with E-state index in [1.165, 1.54) is 25.6 Å². The fourth-order valence-corrected chi connectivity index (χ4v) is 2.91. The zero-order chi connectivity index (χ0) is 15.6. The maximum Gasteiger partial charge on any atom is 0.284 e. The predicted octanol–water partition coefficient (Wildman–Crippen LogP) is 1.59. The van der Waals surface area contributed by atoms with Crippen molar-refractivity contribution in [1.82, 2.24) is 19.2 Å². The van der Waals surface area contributed by atoms with Crippen molar-refractivity contribution in [2.45, 2.75) is 4.90 Å². The average molecular weight is 316 g/mol. The summed E-state index contributed by atoms with van der Waals surface area (Å²) in [6.45, 7) is 0. The van der Waals surface area contributed by atoms with Crippen LogP contribution >= 0.6 is 0 Å². The van der Waals surface area contributed by atoms with Gasteiger partial charge in [-0.1, -0.05) is 0 Å². The minimum Gasteiger partial charge on any atom is -0.497 e. The Hall–Kier alpha value is -2.74. The molecule has 0 saturated heterocycles. The first-order valence-corrected chi connectivity index (χ1v) is 7.77. The molecule has 112 valence electrons. The Morgan fingerprint density at radius 1 is 1.05 bits per heavy atom. The highest BCUT2D eigenvalue weighted by Crippen LogP contribution is 2.19. The van der Waals surface area contributed by atoms with E-state index in [0.717, 1.165) is 4.09 Å². The summed E-state index contributed by atoms with van der Waals surface area (Å²) in [6, 6.07) is 9.49. The van der Waals surface area contributed by atoms with Crippen LogP contribution in [-0.4, -0.2) is 34.7 Å². The number of aromatic nitrogens is 4. The third kappa shape index (κ3) is 2.56. The van der Waals surface area contributed by atoms with Crippen molar-refractivity contribution >= 4 is 10.0 Å². The summed E-state index contributed by atoms with van der Waals surface area (Å²) < 4.78 is 30.8. The van der Waals surface area contributed by atoms with Gasteiger partial charge in [-0.2, -0.15) is 8.42 Å². The minimum absolute atomic E-state index is 0.111. The predicted molar refractivity (Wildman–Crippen MR) is 78.8 cm³/mol. The fraction of sp³-hybridized carbons (Fsp3) is 0.0714. The highest BCUT2D eigenvalue weighted by molar-refractivity contribution is 7.89. The molecule has 22 heavy (non-hydrogen) atoms. The van der Waals surface area contributed by atoms with Gasteiger partial charge in [-0.05, 0) is 36.4 Å². The molecule has 2 heterocycles. The summed E-state index contributed by atoms with van der Waals surface area (Å²) in [5, 5.41) is 4.03. The van der Waals surface area contributed by atoms with E-state index in [9.17, 15) is 8.42 Å². The Kier molecular flexibility index (Phi) is 3.60. The van der Waals surface area contributed by atoms with Crippen molar-refractivity contribution in [3.05, 3.63) is 55.1 Å². The van der Waals surface area contributed by atoms with Crippen LogP contribution in [0.3, 0.4) is 0 Å². The molecule has 0 saturated carbocycles. The van der Waals surface area contributed by atoms with Gasteiger partial charge in [-0.3, -0.25) is 4.98 Å². The highest BCUT2D eigenvalue weighted by atomic mass is 32.2. The average Bonchev–Trinajstić information content (AvgIpc) is 3.06. The molecule has 0 aliphatic heterocycles. The molecule has 7 nitrogen and oxygen atoms in total. The van der Waals surface area contributed by atoms with Gasteiger partial charge in [0.1, 0.15) is 12.1 Å². The van der Waals surface area contributed by atoms with E-state index in [0.29, 0.717) is 17.1 Å². The lowest BCUT2D eigenvalue weighted by atomic mass is 10.3. The van der Waals surface area contributed by atoms with Gasteiger partial charge in [-0.15, -0.1) is 9.19 Å². The van der Waals surface area contributed by atoms with Crippen LogP contribution < -0.4 is 4.74 Å². The van der Waals surface area contributed by atoms with Crippen LogP contribution in [0, 0.1) is 0 Å². The monoisotopic (exact) mass is 316 g/mol. The number of pyridine rings is 1. The van der Waals surface area contributed by atoms with Crippen LogP contribution in [0.5, 0.6) is 5.75 Å². The SMILES string of the molecule is COc1ccc(S(=O)(=O)n2cnc(-c3ccncc3)n2)cc1. The molecule has 0 aliphatic carbocycles. The minimum atomic E-state index is -3.78. The number of methoxy groups -OCH3 is 1. The molecule has 2 aromatic heterocycles. The van der Waals surface area contributed by atoms with Crippen molar-refractivity contribution in [2.24, 2.45) is 0 Å². The van der Waals surface area contributed by atoms with Crippen LogP contribution in [0.4, 0.5) is 0 Å². The third-order valence-electron chi connectivity index (χ3n) is 3.01. The van der Waals surface area contributed by atoms with E-state index in [4.69, 9.17) is 4.74 Å². The molecule has 0 bridgehead atoms. The Morgan fingerprint density at radius 3 is 2.36 bits per heavy atom. The van der Waals surface area contributed by atoms with Crippen LogP contribution in [0.1, 0.15) is 0 Å². The molecule has 0 radical (unpaired) electrons. The molecule has 0 amide bonds. The van der Waals surface area contributed by atoms with Crippen LogP contribution in [0.15, 0.2) is 60.0 Å². The van der Waals surface area contributed by atoms with E-state index in [1.807, 2.05) is 0 Å². The van der Waals surface area contributed by atoms with Gasteiger partial charge < -0.3 is 4.74 Å². The number of nitrogens with zero attached hydrogens (tertiary/aromatic N) is 4. The van der Waals surface area contributed by atoms with Crippen LogP contribution in [0.25, 0.3) is 11.4 Å². The second-order valence-corrected chi connectivity index (χ2v) is 6.15. The summed E-state index contributed by atoms with van der Waals surface area (Å²) >= 11 is 0. The summed E-state index contributed by atoms with van der Waals surface area (Å²) in [5.74, 6) is 0.898. The molecular formula is C14H12N4O3S. The quantitative estimate of drug-likeness (QED) is 0.726. The number of rotatable bonds is 4. The molecule has 0 atom stereocenters. The number of benzene rings is 1. The van der Waals surface area contributed by atoms with Gasteiger partial charge in [0.15, 0.2) is 5.82 Å². The first-order valence-electron chi connectivity index (χ1n) is 6.33. The lowest BCUT2D eigenvalue weighted by molar-refractivity contribution is 0.414. The van der Waals surface area contributed by atoms with Gasteiger partial charge in [0.2, 0.25) is 0 Å². The second kappa shape index (κ2) is 5.57. The first kappa shape index (κ1) is 14.2. The van der Waals surface area contributed by atoms with Gasteiger partial charge in [0.25, 0.3) is 10.0 Å². The Labute approximate surface area is 127 Å². The van der Waals surface area contributed by atoms with Gasteiger partial charge in [0.05, 0.1) is 12.0 Å². The smallest absolute Gasteiger partial charge is 0.284 e. The Morgan fingerprint density at radius 2 is 1.73 bits per heavy atom. The highest BCUT2D eigenvalue weighted by Gasteiger charge is 2.19. The van der Waals surface area contributed by atoms with Crippen molar-refractivity contribution in [3.8, 4) is 17.1 Å². The van der Waals surface area contributed by atoms with Crippen molar-refractivity contribution in [2.75, 3.05) is 7.11 Å². The zero-order valence-electron chi connectivity index (χ0n) is 11.6. The number of hydrogen-bond donors (Lipinski definition) is 0. The molecule has 0 spiro atoms. The van der Waals surface area contributed by atoms with Crippen LogP contribution in [-0.2, 0) is 10.0 Å². The molecule has 8 heteroatoms. The molecular weight excluding hydrogens is 304 g/mol. The van der Waals surface area contributed by atoms with Crippen molar-refractivity contribution in [1.29, 1.82) is 0 Å². The van der Waals surface area contributed by atoms with E-state index < -0.39 is 10.0 Å². The Bertz CT molecular complexity index is 874. The van der Waals surface area contributed by atoms with Crippen LogP contribution in [0.2, 0.25) is 0 Å². The maximum atomic E-state index is 12.5. The van der Waals surface area contributed by atoms with E-state index in [1.54, 1.807) is 36.7 Å². The van der Waals surface area contributed by atoms with Gasteiger partial charge in [0, 0.05) is 18.0 Å². The molecule has 0 aliphatic rings. The summed E-state index contributed by atoms with van der Waals surface area (Å²) in [4.78, 5) is 8.04. The lowest BCUT2D eigenvalue weighted by Crippen LogP contribution is -2.13. The number of ether oxygens (including phenoxy) is 1. The Balaban J connectivity index is 1.97. The maximum absolute atomic E-state index is 12.5. The standard InChI is InChI=1S/C14H12N4O3S/c1-21-12-2-4-13(5-3-12)22(19,20)18-10-16-14(17-18)11-6-8-15-9-7-11/h2-10H,1H3. The summed E-state index contributed by atoms with van der Waals surface area (Å²) in [6.07, 6.45) is 4.36. The third-order valence-corrected chi connectivity index (χ3v) is 4.55. The molecule has 1 aromatic carbocycles. The van der Waals surface area contributed by atoms with E-state index >= 15 is 0 Å². The molecule has 0 fully saturated rings. The topological polar surface area (TPSA) is 87.0 Å². The van der Waals surface area contributed by atoms with Gasteiger partial charge in [-0.25, -0.2) is 4.98 Å². The van der Waals surface area contributed by atoms with Crippen molar-refractivity contribution in [3.63, 3.8) is 0 Å². The van der Waals surface area contributed by atoms with Crippen molar-refractivity contribution < 1.29 is 13.2 Å². The normalized spacial score (nSPS) is 11.3. The summed E-state index contributed by atoms with van der Waals surface area (Å²) in [7, 11) is -2.26. The summed E-state index contributed by atoms with van der Waals surface area (Å²) in [5.41, 5.74) is 0.693. The molecule has 0 unspecified atom stereocenters. The second-order valence-electron chi connectivity index (χ2n) is 4.36. The van der Waals surface area contributed by atoms with Gasteiger partial charge >= 0.3 is 0 Å². The molecule has 3 rings (SSSR count). The molecule has 0 N–H and O–H groups in total.